The van der Waals surface area contributed by atoms with Gasteiger partial charge in [-0.1, -0.05) is 42.5 Å². The lowest BCUT2D eigenvalue weighted by molar-refractivity contribution is -0.148. The molecule has 0 atom stereocenters. The molecule has 1 aliphatic rings. The van der Waals surface area contributed by atoms with Crippen LogP contribution in [0.15, 0.2) is 90.4 Å². The first-order chi connectivity index (χ1) is 17.7. The summed E-state index contributed by atoms with van der Waals surface area (Å²) in [6, 6.07) is 23.9. The number of anilines is 1. The van der Waals surface area contributed by atoms with Crippen LogP contribution in [-0.4, -0.2) is 59.3 Å². The third kappa shape index (κ3) is 5.55. The van der Waals surface area contributed by atoms with Crippen molar-refractivity contribution in [3.8, 4) is 16.3 Å². The molecule has 36 heavy (non-hydrogen) atoms. The maximum atomic E-state index is 12.6. The second-order valence-electron chi connectivity index (χ2n) is 8.33. The van der Waals surface area contributed by atoms with Crippen molar-refractivity contribution in [3.05, 3.63) is 96.0 Å². The SMILES string of the molecule is O=C(C=Cc1cn(-c2ccccc2)nc1-c1cccs1)OCC(=O)N1CCN(c2ccccc2)CC1. The minimum atomic E-state index is -0.559. The van der Waals surface area contributed by atoms with E-state index >= 15 is 0 Å². The van der Waals surface area contributed by atoms with Gasteiger partial charge in [0.25, 0.3) is 5.91 Å². The van der Waals surface area contributed by atoms with Gasteiger partial charge < -0.3 is 14.5 Å². The molecular weight excluding hydrogens is 472 g/mol. The number of ether oxygens (including phenoxy) is 1. The Hall–Kier alpha value is -4.17. The molecule has 8 heteroatoms. The summed E-state index contributed by atoms with van der Waals surface area (Å²) in [5.41, 5.74) is 3.65. The zero-order valence-electron chi connectivity index (χ0n) is 19.7. The molecule has 1 aliphatic heterocycles. The van der Waals surface area contributed by atoms with Crippen LogP contribution >= 0.6 is 11.3 Å². The topological polar surface area (TPSA) is 67.7 Å². The van der Waals surface area contributed by atoms with Crippen molar-refractivity contribution in [2.45, 2.75) is 0 Å². The highest BCUT2D eigenvalue weighted by Crippen LogP contribution is 2.28. The van der Waals surface area contributed by atoms with Crippen molar-refractivity contribution >= 4 is 35.0 Å². The smallest absolute Gasteiger partial charge is 0.331 e. The van der Waals surface area contributed by atoms with Crippen molar-refractivity contribution in [1.82, 2.24) is 14.7 Å². The van der Waals surface area contributed by atoms with Crippen molar-refractivity contribution in [2.75, 3.05) is 37.7 Å². The predicted octanol–water partition coefficient (Wildman–Crippen LogP) is 4.51. The summed E-state index contributed by atoms with van der Waals surface area (Å²) in [6.07, 6.45) is 4.92. The molecule has 1 amide bonds. The molecule has 0 bridgehead atoms. The summed E-state index contributed by atoms with van der Waals surface area (Å²) >= 11 is 1.58. The molecule has 7 nitrogen and oxygen atoms in total. The van der Waals surface area contributed by atoms with E-state index in [9.17, 15) is 9.59 Å². The number of carbonyl (C=O) groups is 2. The molecule has 0 radical (unpaired) electrons. The Bertz CT molecular complexity index is 1330. The first-order valence-corrected chi connectivity index (χ1v) is 12.7. The number of carbonyl (C=O) groups excluding carboxylic acids is 2. The standard InChI is InChI=1S/C28H26N4O3S/c33-26(31-17-15-30(16-18-31)23-8-3-1-4-9-23)21-35-27(34)14-13-22-20-32(24-10-5-2-6-11-24)29-28(22)25-12-7-19-36-25/h1-14,19-20H,15-18,21H2. The number of hydrogen-bond donors (Lipinski definition) is 0. The lowest BCUT2D eigenvalue weighted by Gasteiger charge is -2.36. The van der Waals surface area contributed by atoms with Crippen LogP contribution in [0.4, 0.5) is 5.69 Å². The molecule has 0 spiro atoms. The van der Waals surface area contributed by atoms with Crippen molar-refractivity contribution in [3.63, 3.8) is 0 Å². The summed E-state index contributed by atoms with van der Waals surface area (Å²) in [7, 11) is 0. The maximum Gasteiger partial charge on any atom is 0.331 e. The van der Waals surface area contributed by atoms with E-state index in [1.165, 1.54) is 6.08 Å². The molecular formula is C28H26N4O3S. The molecule has 0 N–H and O–H groups in total. The predicted molar refractivity (Wildman–Crippen MR) is 142 cm³/mol. The molecule has 1 saturated heterocycles. The van der Waals surface area contributed by atoms with Crippen LogP contribution in [0.2, 0.25) is 0 Å². The van der Waals surface area contributed by atoms with Gasteiger partial charge in [-0.25, -0.2) is 9.48 Å². The average Bonchev–Trinajstić information content (AvgIpc) is 3.62. The van der Waals surface area contributed by atoms with E-state index in [-0.39, 0.29) is 12.5 Å². The fourth-order valence-electron chi connectivity index (χ4n) is 4.11. The molecule has 2 aromatic heterocycles. The van der Waals surface area contributed by atoms with E-state index < -0.39 is 5.97 Å². The summed E-state index contributed by atoms with van der Waals surface area (Å²) < 4.78 is 7.05. The highest BCUT2D eigenvalue weighted by molar-refractivity contribution is 7.13. The van der Waals surface area contributed by atoms with Gasteiger partial charge in [-0.3, -0.25) is 4.79 Å². The number of thiophene rings is 1. The number of piperazine rings is 1. The number of nitrogens with zero attached hydrogens (tertiary/aromatic N) is 4. The van der Waals surface area contributed by atoms with Crippen LogP contribution in [0.3, 0.4) is 0 Å². The number of esters is 1. The van der Waals surface area contributed by atoms with Gasteiger partial charge in [0, 0.05) is 49.7 Å². The van der Waals surface area contributed by atoms with Crippen molar-refractivity contribution in [1.29, 1.82) is 0 Å². The molecule has 4 aromatic rings. The van der Waals surface area contributed by atoms with Crippen LogP contribution in [0.1, 0.15) is 5.56 Å². The van der Waals surface area contributed by atoms with Crippen LogP contribution in [0.25, 0.3) is 22.3 Å². The number of hydrogen-bond acceptors (Lipinski definition) is 6. The van der Waals surface area contributed by atoms with Gasteiger partial charge in [-0.2, -0.15) is 5.10 Å². The fraction of sp³-hybridized carbons (Fsp3) is 0.179. The van der Waals surface area contributed by atoms with Crippen molar-refractivity contribution in [2.24, 2.45) is 0 Å². The van der Waals surface area contributed by atoms with Gasteiger partial charge in [-0.15, -0.1) is 11.3 Å². The van der Waals surface area contributed by atoms with Gasteiger partial charge in [0.15, 0.2) is 6.61 Å². The highest BCUT2D eigenvalue weighted by atomic mass is 32.1. The van der Waals surface area contributed by atoms with Gasteiger partial charge >= 0.3 is 5.97 Å². The van der Waals surface area contributed by atoms with E-state index in [4.69, 9.17) is 9.84 Å². The highest BCUT2D eigenvalue weighted by Gasteiger charge is 2.22. The second-order valence-corrected chi connectivity index (χ2v) is 9.28. The van der Waals surface area contributed by atoms with Crippen LogP contribution < -0.4 is 4.90 Å². The van der Waals surface area contributed by atoms with Gasteiger partial charge in [0.1, 0.15) is 5.69 Å². The molecule has 3 heterocycles. The largest absolute Gasteiger partial charge is 0.452 e. The molecule has 0 aliphatic carbocycles. The Morgan fingerprint density at radius 2 is 1.58 bits per heavy atom. The maximum absolute atomic E-state index is 12.6. The summed E-state index contributed by atoms with van der Waals surface area (Å²) in [6.45, 7) is 2.44. The van der Waals surface area contributed by atoms with Crippen LogP contribution in [-0.2, 0) is 14.3 Å². The number of aromatic nitrogens is 2. The summed E-state index contributed by atoms with van der Waals surface area (Å²) in [5.74, 6) is -0.739. The first-order valence-electron chi connectivity index (χ1n) is 11.8. The zero-order valence-corrected chi connectivity index (χ0v) is 20.5. The monoisotopic (exact) mass is 498 g/mol. The minimum absolute atomic E-state index is 0.180. The lowest BCUT2D eigenvalue weighted by Crippen LogP contribution is -2.49. The summed E-state index contributed by atoms with van der Waals surface area (Å²) in [4.78, 5) is 30.0. The molecule has 1 fully saturated rings. The number of amides is 1. The second kappa shape index (κ2) is 11.0. The first kappa shape index (κ1) is 23.6. The number of para-hydroxylation sites is 2. The van der Waals surface area contributed by atoms with E-state index in [1.54, 1.807) is 27.0 Å². The van der Waals surface area contributed by atoms with E-state index in [0.717, 1.165) is 40.6 Å². The molecule has 0 unspecified atom stereocenters. The Labute approximate surface area is 213 Å². The Morgan fingerprint density at radius 3 is 2.25 bits per heavy atom. The lowest BCUT2D eigenvalue weighted by atomic mass is 10.2. The zero-order chi connectivity index (χ0) is 24.7. The van der Waals surface area contributed by atoms with Gasteiger partial charge in [0.05, 0.1) is 10.6 Å². The number of rotatable bonds is 7. The van der Waals surface area contributed by atoms with Gasteiger partial charge in [0.2, 0.25) is 0 Å². The van der Waals surface area contributed by atoms with Crippen LogP contribution in [0, 0.1) is 0 Å². The Kier molecular flexibility index (Phi) is 7.23. The minimum Gasteiger partial charge on any atom is -0.452 e. The van der Waals surface area contributed by atoms with Crippen LogP contribution in [0.5, 0.6) is 0 Å². The normalized spacial score (nSPS) is 13.8. The Balaban J connectivity index is 1.18. The fourth-order valence-corrected chi connectivity index (χ4v) is 4.84. The molecule has 2 aromatic carbocycles. The molecule has 182 valence electrons. The number of benzene rings is 2. The van der Waals surface area contributed by atoms with Crippen molar-refractivity contribution < 1.29 is 14.3 Å². The molecule has 0 saturated carbocycles. The van der Waals surface area contributed by atoms with E-state index in [2.05, 4.69) is 17.0 Å². The van der Waals surface area contributed by atoms with E-state index in [0.29, 0.717) is 13.1 Å². The third-order valence-corrected chi connectivity index (χ3v) is 6.89. The third-order valence-electron chi connectivity index (χ3n) is 6.01. The Morgan fingerprint density at radius 1 is 0.889 bits per heavy atom. The van der Waals surface area contributed by atoms with E-state index in [1.807, 2.05) is 72.2 Å². The summed E-state index contributed by atoms with van der Waals surface area (Å²) in [5, 5.41) is 6.71. The average molecular weight is 499 g/mol. The quantitative estimate of drug-likeness (QED) is 0.277. The van der Waals surface area contributed by atoms with Gasteiger partial charge in [-0.05, 0) is 41.8 Å². The molecule has 5 rings (SSSR count).